The van der Waals surface area contributed by atoms with Crippen LogP contribution in [0.15, 0.2) is 36.7 Å². The summed E-state index contributed by atoms with van der Waals surface area (Å²) in [5.74, 6) is 0.961. The summed E-state index contributed by atoms with van der Waals surface area (Å²) in [7, 11) is 1.63. The fourth-order valence-corrected chi connectivity index (χ4v) is 4.49. The van der Waals surface area contributed by atoms with Crippen molar-refractivity contribution in [2.75, 3.05) is 12.4 Å². The second kappa shape index (κ2) is 7.76. The van der Waals surface area contributed by atoms with Gasteiger partial charge in [0.15, 0.2) is 5.82 Å². The molecule has 6 heteroatoms. The van der Waals surface area contributed by atoms with Gasteiger partial charge in [-0.2, -0.15) is 5.10 Å². The van der Waals surface area contributed by atoms with Gasteiger partial charge in [-0.25, -0.2) is 4.98 Å². The maximum atomic E-state index is 11.0. The van der Waals surface area contributed by atoms with Crippen molar-refractivity contribution in [3.63, 3.8) is 0 Å². The molecule has 1 N–H and O–H groups in total. The van der Waals surface area contributed by atoms with E-state index in [4.69, 9.17) is 4.74 Å². The van der Waals surface area contributed by atoms with E-state index in [9.17, 15) is 5.11 Å². The summed E-state index contributed by atoms with van der Waals surface area (Å²) in [5, 5.41) is 16.2. The molecule has 0 aliphatic heterocycles. The molecule has 24 heavy (non-hydrogen) atoms. The Labute approximate surface area is 151 Å². The molecule has 0 bridgehead atoms. The van der Waals surface area contributed by atoms with Gasteiger partial charge in [-0.15, -0.1) is 0 Å². The number of ether oxygens (including phenoxy) is 1. The number of nitrogens with zero attached hydrogens (tertiary/aromatic N) is 3. The molecule has 0 saturated heterocycles. The molecule has 1 heterocycles. The SMILES string of the molecule is COCc1ncn(CC2(CBr)CCC(Cc3ccccc3)C2O)n1. The van der Waals surface area contributed by atoms with Gasteiger partial charge in [-0.1, -0.05) is 46.3 Å². The van der Waals surface area contributed by atoms with Crippen LogP contribution in [-0.4, -0.2) is 38.4 Å². The summed E-state index contributed by atoms with van der Waals surface area (Å²) in [5.41, 5.74) is 1.09. The number of aromatic nitrogens is 3. The van der Waals surface area contributed by atoms with Gasteiger partial charge in [0.2, 0.25) is 0 Å². The minimum absolute atomic E-state index is 0.197. The van der Waals surface area contributed by atoms with Gasteiger partial charge in [-0.3, -0.25) is 4.68 Å². The van der Waals surface area contributed by atoms with Crippen LogP contribution >= 0.6 is 15.9 Å². The Bertz CT molecular complexity index is 649. The molecular weight excluding hydrogens is 370 g/mol. The third kappa shape index (κ3) is 3.71. The summed E-state index contributed by atoms with van der Waals surface area (Å²) in [6, 6.07) is 10.4. The smallest absolute Gasteiger partial charge is 0.176 e. The van der Waals surface area contributed by atoms with Crippen molar-refractivity contribution in [3.8, 4) is 0 Å². The van der Waals surface area contributed by atoms with E-state index in [-0.39, 0.29) is 17.4 Å². The molecule has 1 fully saturated rings. The van der Waals surface area contributed by atoms with E-state index in [1.54, 1.807) is 13.4 Å². The average molecular weight is 394 g/mol. The number of alkyl halides is 1. The van der Waals surface area contributed by atoms with Crippen LogP contribution in [0.1, 0.15) is 24.2 Å². The van der Waals surface area contributed by atoms with Crippen molar-refractivity contribution in [1.29, 1.82) is 0 Å². The standard InChI is InChI=1S/C18H24BrN3O2/c1-24-10-16-20-13-22(21-16)12-18(11-19)8-7-15(17(18)23)9-14-5-3-2-4-6-14/h2-6,13,15,17,23H,7-12H2,1H3. The zero-order valence-electron chi connectivity index (χ0n) is 13.9. The lowest BCUT2D eigenvalue weighted by atomic mass is 9.83. The highest BCUT2D eigenvalue weighted by atomic mass is 79.9. The van der Waals surface area contributed by atoms with Crippen molar-refractivity contribution >= 4 is 15.9 Å². The molecule has 3 unspecified atom stereocenters. The maximum absolute atomic E-state index is 11.0. The molecule has 2 aromatic rings. The van der Waals surface area contributed by atoms with Crippen LogP contribution in [0.5, 0.6) is 0 Å². The molecule has 1 aliphatic rings. The van der Waals surface area contributed by atoms with Crippen molar-refractivity contribution in [1.82, 2.24) is 14.8 Å². The first-order chi connectivity index (χ1) is 11.7. The number of hydrogen-bond donors (Lipinski definition) is 1. The Kier molecular flexibility index (Phi) is 5.69. The lowest BCUT2D eigenvalue weighted by Crippen LogP contribution is -2.39. The average Bonchev–Trinajstić information content (AvgIpc) is 3.16. The van der Waals surface area contributed by atoms with Crippen LogP contribution < -0.4 is 0 Å². The van der Waals surface area contributed by atoms with Crippen LogP contribution in [0.4, 0.5) is 0 Å². The van der Waals surface area contributed by atoms with E-state index >= 15 is 0 Å². The summed E-state index contributed by atoms with van der Waals surface area (Å²) in [6.45, 7) is 1.08. The largest absolute Gasteiger partial charge is 0.392 e. The number of methoxy groups -OCH3 is 1. The van der Waals surface area contributed by atoms with Crippen LogP contribution in [0.25, 0.3) is 0 Å². The lowest BCUT2D eigenvalue weighted by Gasteiger charge is -2.32. The zero-order valence-corrected chi connectivity index (χ0v) is 15.5. The zero-order chi connectivity index (χ0) is 17.0. The molecule has 1 aromatic carbocycles. The molecule has 0 radical (unpaired) electrons. The molecule has 130 valence electrons. The van der Waals surface area contributed by atoms with Crippen LogP contribution in [0.3, 0.4) is 0 Å². The Morgan fingerprint density at radius 1 is 1.38 bits per heavy atom. The monoisotopic (exact) mass is 393 g/mol. The highest BCUT2D eigenvalue weighted by Gasteiger charge is 2.47. The van der Waals surface area contributed by atoms with Gasteiger partial charge in [0.05, 0.1) is 12.6 Å². The van der Waals surface area contributed by atoms with E-state index in [1.807, 2.05) is 10.7 Å². The minimum Gasteiger partial charge on any atom is -0.392 e. The van der Waals surface area contributed by atoms with Crippen molar-refractivity contribution in [2.24, 2.45) is 11.3 Å². The van der Waals surface area contributed by atoms with Gasteiger partial charge in [0.25, 0.3) is 0 Å². The first-order valence-electron chi connectivity index (χ1n) is 8.32. The second-order valence-corrected chi connectivity index (χ2v) is 7.28. The Morgan fingerprint density at radius 2 is 2.17 bits per heavy atom. The number of rotatable bonds is 7. The van der Waals surface area contributed by atoms with E-state index < -0.39 is 0 Å². The van der Waals surface area contributed by atoms with Gasteiger partial charge in [0.1, 0.15) is 12.9 Å². The number of halogens is 1. The van der Waals surface area contributed by atoms with Gasteiger partial charge < -0.3 is 9.84 Å². The summed E-state index contributed by atoms with van der Waals surface area (Å²) < 4.78 is 6.91. The summed E-state index contributed by atoms with van der Waals surface area (Å²) >= 11 is 3.64. The van der Waals surface area contributed by atoms with Gasteiger partial charge in [0, 0.05) is 17.9 Å². The Hall–Kier alpha value is -1.24. The lowest BCUT2D eigenvalue weighted by molar-refractivity contribution is 0.0257. The summed E-state index contributed by atoms with van der Waals surface area (Å²) in [6.07, 6.45) is 4.31. The number of benzene rings is 1. The third-order valence-corrected chi connectivity index (χ3v) is 6.14. The molecule has 5 nitrogen and oxygen atoms in total. The van der Waals surface area contributed by atoms with Crippen molar-refractivity contribution in [2.45, 2.75) is 38.5 Å². The predicted octanol–water partition coefficient (Wildman–Crippen LogP) is 2.82. The molecule has 3 rings (SSSR count). The van der Waals surface area contributed by atoms with E-state index in [0.29, 0.717) is 19.0 Å². The number of hydrogen-bond acceptors (Lipinski definition) is 4. The quantitative estimate of drug-likeness (QED) is 0.734. The summed E-state index contributed by atoms with van der Waals surface area (Å²) in [4.78, 5) is 4.26. The van der Waals surface area contributed by atoms with Crippen LogP contribution in [0.2, 0.25) is 0 Å². The fourth-order valence-electron chi connectivity index (χ4n) is 3.70. The van der Waals surface area contributed by atoms with Gasteiger partial charge in [-0.05, 0) is 30.7 Å². The highest BCUT2D eigenvalue weighted by Crippen LogP contribution is 2.45. The minimum atomic E-state index is -0.354. The normalized spacial score (nSPS) is 26.8. The first-order valence-corrected chi connectivity index (χ1v) is 9.44. The first kappa shape index (κ1) is 17.6. The number of aliphatic hydroxyl groups is 1. The second-order valence-electron chi connectivity index (χ2n) is 6.72. The topological polar surface area (TPSA) is 60.2 Å². The number of aliphatic hydroxyl groups excluding tert-OH is 1. The maximum Gasteiger partial charge on any atom is 0.176 e. The van der Waals surface area contributed by atoms with Crippen molar-refractivity contribution in [3.05, 3.63) is 48.0 Å². The van der Waals surface area contributed by atoms with Gasteiger partial charge >= 0.3 is 0 Å². The molecule has 0 spiro atoms. The van der Waals surface area contributed by atoms with E-state index in [0.717, 1.165) is 24.6 Å². The van der Waals surface area contributed by atoms with E-state index in [2.05, 4.69) is 50.3 Å². The van der Waals surface area contributed by atoms with Crippen LogP contribution in [0, 0.1) is 11.3 Å². The van der Waals surface area contributed by atoms with Crippen molar-refractivity contribution < 1.29 is 9.84 Å². The van der Waals surface area contributed by atoms with Crippen LogP contribution in [-0.2, 0) is 24.3 Å². The predicted molar refractivity (Wildman–Crippen MR) is 95.8 cm³/mol. The molecule has 0 amide bonds. The molecule has 1 saturated carbocycles. The molecule has 3 atom stereocenters. The Morgan fingerprint density at radius 3 is 2.88 bits per heavy atom. The highest BCUT2D eigenvalue weighted by molar-refractivity contribution is 9.09. The Balaban J connectivity index is 1.70. The molecule has 1 aromatic heterocycles. The molecule has 1 aliphatic carbocycles. The van der Waals surface area contributed by atoms with E-state index in [1.165, 1.54) is 5.56 Å². The molecular formula is C18H24BrN3O2. The fraction of sp³-hybridized carbons (Fsp3) is 0.556. The third-order valence-electron chi connectivity index (χ3n) is 5.03.